The average molecular weight is 378 g/mol. The lowest BCUT2D eigenvalue weighted by molar-refractivity contribution is -0.787. The number of sulfonamides is 1. The second-order valence-corrected chi connectivity index (χ2v) is 10.3. The van der Waals surface area contributed by atoms with Crippen molar-refractivity contribution in [2.45, 2.75) is 62.6 Å². The van der Waals surface area contributed by atoms with E-state index >= 15 is 0 Å². The van der Waals surface area contributed by atoms with Gasteiger partial charge in [-0.1, -0.05) is 24.3 Å². The van der Waals surface area contributed by atoms with Gasteiger partial charge in [-0.2, -0.15) is 0 Å². The molecule has 1 saturated heterocycles. The number of ether oxygens (including phenoxy) is 1. The highest BCUT2D eigenvalue weighted by Crippen LogP contribution is 2.31. The number of fused-ring (bicyclic) bond motifs is 1. The Balaban J connectivity index is 1.98. The summed E-state index contributed by atoms with van der Waals surface area (Å²) in [7, 11) is -2.04. The minimum Gasteiger partial charge on any atom is -0.496 e. The molecule has 142 valence electrons. The van der Waals surface area contributed by atoms with E-state index in [-0.39, 0.29) is 17.1 Å². The monoisotopic (exact) mass is 377 g/mol. The van der Waals surface area contributed by atoms with Crippen LogP contribution in [0.5, 0.6) is 5.75 Å². The van der Waals surface area contributed by atoms with Gasteiger partial charge in [-0.3, -0.25) is 0 Å². The summed E-state index contributed by atoms with van der Waals surface area (Å²) in [6, 6.07) is 10.7. The Kier molecular flexibility index (Phi) is 4.80. The first-order valence-corrected chi connectivity index (χ1v) is 10.5. The maximum atomic E-state index is 13.2. The van der Waals surface area contributed by atoms with E-state index in [4.69, 9.17) is 4.74 Å². The Morgan fingerprint density at radius 2 is 1.58 bits per heavy atom. The molecular formula is C20H29N2O3S+. The lowest BCUT2D eigenvalue weighted by Crippen LogP contribution is -3.06. The summed E-state index contributed by atoms with van der Waals surface area (Å²) < 4.78 is 34.7. The summed E-state index contributed by atoms with van der Waals surface area (Å²) in [4.78, 5) is 0.305. The Hall–Kier alpha value is -1.63. The van der Waals surface area contributed by atoms with Gasteiger partial charge in [0.15, 0.2) is 0 Å². The predicted octanol–water partition coefficient (Wildman–Crippen LogP) is 2.41. The van der Waals surface area contributed by atoms with Gasteiger partial charge in [0.1, 0.15) is 5.75 Å². The Labute approximate surface area is 156 Å². The van der Waals surface area contributed by atoms with Crippen LogP contribution in [0.4, 0.5) is 0 Å². The van der Waals surface area contributed by atoms with Crippen molar-refractivity contribution < 1.29 is 18.5 Å². The van der Waals surface area contributed by atoms with Crippen LogP contribution in [0.3, 0.4) is 0 Å². The van der Waals surface area contributed by atoms with E-state index < -0.39 is 10.0 Å². The molecule has 26 heavy (non-hydrogen) atoms. The van der Waals surface area contributed by atoms with Crippen molar-refractivity contribution in [3.8, 4) is 5.75 Å². The highest BCUT2D eigenvalue weighted by Gasteiger charge is 2.43. The number of piperidine rings is 1. The topological polar surface area (TPSA) is 72.0 Å². The summed E-state index contributed by atoms with van der Waals surface area (Å²) in [5, 5.41) is 3.82. The van der Waals surface area contributed by atoms with E-state index in [9.17, 15) is 8.42 Å². The van der Waals surface area contributed by atoms with Crippen LogP contribution < -0.4 is 14.8 Å². The van der Waals surface area contributed by atoms with Gasteiger partial charge in [0.25, 0.3) is 0 Å². The number of nitrogens with one attached hydrogen (secondary N) is 1. The molecule has 0 aromatic heterocycles. The molecule has 0 unspecified atom stereocenters. The molecular weight excluding hydrogens is 348 g/mol. The van der Waals surface area contributed by atoms with Crippen molar-refractivity contribution in [2.24, 2.45) is 0 Å². The third-order valence-electron chi connectivity index (χ3n) is 5.00. The molecule has 2 aromatic carbocycles. The van der Waals surface area contributed by atoms with Gasteiger partial charge in [0.05, 0.1) is 23.1 Å². The van der Waals surface area contributed by atoms with E-state index in [1.165, 1.54) is 0 Å². The van der Waals surface area contributed by atoms with Gasteiger partial charge in [0, 0.05) is 29.7 Å². The summed E-state index contributed by atoms with van der Waals surface area (Å²) in [6.45, 7) is 8.66. The van der Waals surface area contributed by atoms with E-state index in [0.29, 0.717) is 16.0 Å². The first kappa shape index (κ1) is 19.1. The Morgan fingerprint density at radius 3 is 2.15 bits per heavy atom. The van der Waals surface area contributed by atoms with Crippen LogP contribution in [0.25, 0.3) is 10.8 Å². The van der Waals surface area contributed by atoms with Crippen LogP contribution in [0.1, 0.15) is 40.5 Å². The number of benzene rings is 2. The van der Waals surface area contributed by atoms with E-state index in [2.05, 4.69) is 37.7 Å². The van der Waals surface area contributed by atoms with Crippen molar-refractivity contribution in [1.82, 2.24) is 4.72 Å². The van der Waals surface area contributed by atoms with Gasteiger partial charge < -0.3 is 10.1 Å². The van der Waals surface area contributed by atoms with Gasteiger partial charge in [-0.15, -0.1) is 0 Å². The number of nitrogens with two attached hydrogens (primary N) is 1. The molecule has 1 aliphatic rings. The largest absolute Gasteiger partial charge is 0.496 e. The van der Waals surface area contributed by atoms with E-state index in [1.54, 1.807) is 19.2 Å². The highest BCUT2D eigenvalue weighted by atomic mass is 32.2. The smallest absolute Gasteiger partial charge is 0.241 e. The molecule has 0 saturated carbocycles. The average Bonchev–Trinajstić information content (AvgIpc) is 2.50. The normalized spacial score (nSPS) is 20.2. The van der Waals surface area contributed by atoms with Gasteiger partial charge in [-0.05, 0) is 39.8 Å². The zero-order chi connectivity index (χ0) is 19.2. The lowest BCUT2D eigenvalue weighted by Gasteiger charge is -2.43. The van der Waals surface area contributed by atoms with Crippen molar-refractivity contribution >= 4 is 20.8 Å². The number of rotatable bonds is 4. The summed E-state index contributed by atoms with van der Waals surface area (Å²) in [5.41, 5.74) is -0.00613. The number of methoxy groups -OCH3 is 1. The van der Waals surface area contributed by atoms with Crippen molar-refractivity contribution in [1.29, 1.82) is 0 Å². The molecule has 1 heterocycles. The third kappa shape index (κ3) is 3.87. The van der Waals surface area contributed by atoms with Crippen molar-refractivity contribution in [3.05, 3.63) is 36.4 Å². The third-order valence-corrected chi connectivity index (χ3v) is 6.58. The van der Waals surface area contributed by atoms with Crippen molar-refractivity contribution in [3.63, 3.8) is 0 Å². The highest BCUT2D eigenvalue weighted by molar-refractivity contribution is 7.89. The first-order valence-electron chi connectivity index (χ1n) is 8.98. The second-order valence-electron chi connectivity index (χ2n) is 8.66. The summed E-state index contributed by atoms with van der Waals surface area (Å²) in [5.74, 6) is 0.675. The SMILES string of the molecule is COc1ccc(S(=O)(=O)NC2CC(C)(C)[NH2+]C(C)(C)C2)c2ccccc12. The van der Waals surface area contributed by atoms with Crippen molar-refractivity contribution in [2.75, 3.05) is 7.11 Å². The van der Waals surface area contributed by atoms with E-state index in [1.807, 2.05) is 24.3 Å². The fourth-order valence-electron chi connectivity index (χ4n) is 4.54. The van der Waals surface area contributed by atoms with Gasteiger partial charge >= 0.3 is 0 Å². The molecule has 1 aliphatic heterocycles. The molecule has 0 aliphatic carbocycles. The molecule has 0 atom stereocenters. The van der Waals surface area contributed by atoms with Crippen LogP contribution in [0.15, 0.2) is 41.3 Å². The zero-order valence-corrected chi connectivity index (χ0v) is 17.0. The summed E-state index contributed by atoms with van der Waals surface area (Å²) >= 11 is 0. The fraction of sp³-hybridized carbons (Fsp3) is 0.500. The minimum atomic E-state index is -3.63. The predicted molar refractivity (Wildman–Crippen MR) is 104 cm³/mol. The quantitative estimate of drug-likeness (QED) is 0.859. The zero-order valence-electron chi connectivity index (χ0n) is 16.2. The second kappa shape index (κ2) is 6.51. The molecule has 0 spiro atoms. The number of hydrogen-bond donors (Lipinski definition) is 2. The minimum absolute atomic E-state index is 0.00306. The molecule has 0 amide bonds. The van der Waals surface area contributed by atoms with E-state index in [0.717, 1.165) is 18.2 Å². The molecule has 0 radical (unpaired) electrons. The van der Waals surface area contributed by atoms with Gasteiger partial charge in [-0.25, -0.2) is 13.1 Å². The maximum Gasteiger partial charge on any atom is 0.241 e. The maximum absolute atomic E-state index is 13.2. The molecule has 3 rings (SSSR count). The first-order chi connectivity index (χ1) is 12.0. The fourth-order valence-corrected chi connectivity index (χ4v) is 5.99. The standard InChI is InChI=1S/C20H28N2O3S/c1-19(2)12-14(13-20(3,4)22-19)21-26(23,24)18-11-10-17(25-5)15-8-6-7-9-16(15)18/h6-11,14,21-22H,12-13H2,1-5H3/p+1. The van der Waals surface area contributed by atoms with Crippen LogP contribution in [0, 0.1) is 0 Å². The Bertz CT molecular complexity index is 904. The molecule has 0 bridgehead atoms. The van der Waals surface area contributed by atoms with Crippen LogP contribution in [0.2, 0.25) is 0 Å². The molecule has 3 N–H and O–H groups in total. The molecule has 2 aromatic rings. The molecule has 5 nitrogen and oxygen atoms in total. The number of hydrogen-bond acceptors (Lipinski definition) is 3. The van der Waals surface area contributed by atoms with Crippen LogP contribution in [-0.2, 0) is 10.0 Å². The van der Waals surface area contributed by atoms with Gasteiger partial charge in [0.2, 0.25) is 10.0 Å². The van der Waals surface area contributed by atoms with Crippen LogP contribution >= 0.6 is 0 Å². The number of quaternary nitrogens is 1. The molecule has 6 heteroatoms. The Morgan fingerprint density at radius 1 is 1.00 bits per heavy atom. The lowest BCUT2D eigenvalue weighted by atomic mass is 9.80. The molecule has 1 fully saturated rings. The van der Waals surface area contributed by atoms with Crippen LogP contribution in [-0.4, -0.2) is 32.6 Å². The summed E-state index contributed by atoms with van der Waals surface area (Å²) in [6.07, 6.45) is 1.59.